The van der Waals surface area contributed by atoms with Gasteiger partial charge in [0, 0.05) is 43.0 Å². The van der Waals surface area contributed by atoms with Crippen molar-refractivity contribution in [1.82, 2.24) is 14.5 Å². The quantitative estimate of drug-likeness (QED) is 0.418. The number of hydrogen-bond donors (Lipinski definition) is 1. The maximum Gasteiger partial charge on any atom is 0.323 e. The van der Waals surface area contributed by atoms with E-state index in [1.165, 1.54) is 16.9 Å². The Morgan fingerprint density at radius 3 is 2.40 bits per heavy atom. The third-order valence-corrected chi connectivity index (χ3v) is 6.89. The number of rotatable bonds is 6. The maximum atomic E-state index is 9.53. The van der Waals surface area contributed by atoms with Crippen LogP contribution >= 0.6 is 0 Å². The summed E-state index contributed by atoms with van der Waals surface area (Å²) in [6.07, 6.45) is 7.16. The van der Waals surface area contributed by atoms with E-state index in [9.17, 15) is 5.11 Å². The fourth-order valence-electron chi connectivity index (χ4n) is 5.17. The summed E-state index contributed by atoms with van der Waals surface area (Å²) in [6.45, 7) is 8.28. The summed E-state index contributed by atoms with van der Waals surface area (Å²) in [5.41, 5.74) is 7.29. The predicted molar refractivity (Wildman–Crippen MR) is 138 cm³/mol. The monoisotopic (exact) mass is 489 g/mol. The zero-order valence-electron chi connectivity index (χ0n) is 20.7. The van der Waals surface area contributed by atoms with Gasteiger partial charge in [-0.05, 0) is 36.8 Å². The molecule has 0 saturated carbocycles. The van der Waals surface area contributed by atoms with E-state index in [1.54, 1.807) is 0 Å². The molecule has 1 aliphatic rings. The Morgan fingerprint density at radius 1 is 1.03 bits per heavy atom. The molecule has 182 valence electrons. The normalized spacial score (nSPS) is 15.9. The molecule has 1 aliphatic heterocycles. The van der Waals surface area contributed by atoms with E-state index in [1.807, 2.05) is 24.3 Å². The summed E-state index contributed by atoms with van der Waals surface area (Å²) in [5, 5.41) is 9.53. The molecule has 4 aromatic rings. The number of allylic oxidation sites excluding steroid dienone is 3. The third kappa shape index (κ3) is 4.11. The highest BCUT2D eigenvalue weighted by Crippen LogP contribution is 2.46. The molecule has 0 bridgehead atoms. The highest BCUT2D eigenvalue weighted by atomic mass is 35.5. The minimum Gasteiger partial charge on any atom is -1.00 e. The number of nitrogens with zero attached hydrogens (tertiary/aromatic N) is 5. The first kappa shape index (κ1) is 24.9. The summed E-state index contributed by atoms with van der Waals surface area (Å²) in [4.78, 5) is 12.2. The van der Waals surface area contributed by atoms with Gasteiger partial charge in [-0.1, -0.05) is 55.2 Å². The van der Waals surface area contributed by atoms with Crippen molar-refractivity contribution < 1.29 is 22.1 Å². The zero-order valence-corrected chi connectivity index (χ0v) is 21.5. The molecule has 2 aromatic heterocycles. The number of likely N-dealkylation sites (N-methyl/N-ethyl adjacent to an activating group) is 1. The Hall–Kier alpha value is -3.22. The third-order valence-electron chi connectivity index (χ3n) is 6.89. The van der Waals surface area contributed by atoms with Crippen LogP contribution < -0.4 is 21.9 Å². The first-order chi connectivity index (χ1) is 16.5. The van der Waals surface area contributed by atoms with Crippen LogP contribution in [-0.2, 0) is 18.5 Å². The molecule has 0 unspecified atom stereocenters. The van der Waals surface area contributed by atoms with Crippen LogP contribution in [0.3, 0.4) is 0 Å². The van der Waals surface area contributed by atoms with Crippen molar-refractivity contribution >= 4 is 34.1 Å². The van der Waals surface area contributed by atoms with Crippen LogP contribution in [0.15, 0.2) is 66.4 Å². The largest absolute Gasteiger partial charge is 1.00 e. The van der Waals surface area contributed by atoms with E-state index in [2.05, 4.69) is 84.3 Å². The molecule has 0 fully saturated rings. The van der Waals surface area contributed by atoms with Crippen LogP contribution in [0.2, 0.25) is 0 Å². The lowest BCUT2D eigenvalue weighted by Gasteiger charge is -2.23. The number of aromatic nitrogens is 4. The number of aliphatic hydroxyl groups is 1. The number of aliphatic hydroxyl groups excluding tert-OH is 1. The number of aryl methyl sites for hydroxylation is 2. The Bertz CT molecular complexity index is 1440. The van der Waals surface area contributed by atoms with E-state index in [-0.39, 0.29) is 24.4 Å². The molecule has 0 aliphatic carbocycles. The molecule has 0 radical (unpaired) electrons. The first-order valence-corrected chi connectivity index (χ1v) is 12.0. The molecule has 35 heavy (non-hydrogen) atoms. The van der Waals surface area contributed by atoms with Crippen LogP contribution in [0.4, 0.5) is 5.69 Å². The topological polar surface area (TPSA) is 58.1 Å². The second-order valence-corrected chi connectivity index (χ2v) is 9.30. The molecule has 0 atom stereocenters. The Morgan fingerprint density at radius 2 is 1.71 bits per heavy atom. The first-order valence-electron chi connectivity index (χ1n) is 12.0. The van der Waals surface area contributed by atoms with Gasteiger partial charge in [-0.2, -0.15) is 0 Å². The summed E-state index contributed by atoms with van der Waals surface area (Å²) in [5.74, 6) is 1.04. The van der Waals surface area contributed by atoms with Gasteiger partial charge in [0.25, 0.3) is 5.65 Å². The van der Waals surface area contributed by atoms with E-state index >= 15 is 0 Å². The summed E-state index contributed by atoms with van der Waals surface area (Å²) < 4.78 is 4.39. The Labute approximate surface area is 212 Å². The molecule has 0 amide bonds. The number of imidazole rings is 1. The Kier molecular flexibility index (Phi) is 6.97. The van der Waals surface area contributed by atoms with Gasteiger partial charge in [0.2, 0.25) is 5.82 Å². The van der Waals surface area contributed by atoms with Gasteiger partial charge in [0.15, 0.2) is 5.52 Å². The number of anilines is 1. The molecular weight excluding hydrogens is 458 g/mol. The van der Waals surface area contributed by atoms with Gasteiger partial charge in [-0.3, -0.25) is 0 Å². The molecule has 0 spiro atoms. The zero-order chi connectivity index (χ0) is 23.9. The highest BCUT2D eigenvalue weighted by Gasteiger charge is 2.37. The number of fused-ring (bicyclic) bond motifs is 3. The SMILES string of the molecule is CCn1c(/C=C/C=C2/N(C)c3ccccc3C2(C)C)[n+](CCCO)c2nc3ccccc3nc21.[Cl-]. The van der Waals surface area contributed by atoms with E-state index in [0.717, 1.165) is 34.7 Å². The summed E-state index contributed by atoms with van der Waals surface area (Å²) in [7, 11) is 2.14. The lowest BCUT2D eigenvalue weighted by atomic mass is 9.84. The van der Waals surface area contributed by atoms with Crippen LogP contribution in [0.25, 0.3) is 28.4 Å². The molecule has 1 N–H and O–H groups in total. The van der Waals surface area contributed by atoms with Crippen molar-refractivity contribution in [3.05, 3.63) is 77.8 Å². The molecule has 5 rings (SSSR count). The molecule has 7 heteroatoms. The molecule has 2 aromatic carbocycles. The Balaban J connectivity index is 0.00000289. The van der Waals surface area contributed by atoms with Crippen LogP contribution in [-0.4, -0.2) is 33.3 Å². The van der Waals surface area contributed by atoms with E-state index in [4.69, 9.17) is 9.97 Å². The molecule has 6 nitrogen and oxygen atoms in total. The molecular formula is C28H32ClN5O. The van der Waals surface area contributed by atoms with Crippen molar-refractivity contribution in [2.75, 3.05) is 18.6 Å². The second-order valence-electron chi connectivity index (χ2n) is 9.30. The molecule has 3 heterocycles. The standard InChI is InChI=1S/C28H32N5O.ClH/c1-5-32-25(17-10-16-24-28(2,3)20-12-6-9-15-23(20)31(24)4)33(18-11-19-34)27-26(32)29-21-13-7-8-14-22(21)30-27;/h6-10,12-17,34H,5,11,18-19H2,1-4H3;1H/q+1;/p-1. The van der Waals surface area contributed by atoms with E-state index < -0.39 is 0 Å². The number of benzene rings is 2. The van der Waals surface area contributed by atoms with Gasteiger partial charge in [0.05, 0.1) is 13.1 Å². The minimum atomic E-state index is -0.0686. The minimum absolute atomic E-state index is 0. The van der Waals surface area contributed by atoms with Gasteiger partial charge >= 0.3 is 5.65 Å². The number of hydrogen-bond acceptors (Lipinski definition) is 4. The number of para-hydroxylation sites is 3. The highest BCUT2D eigenvalue weighted by molar-refractivity contribution is 5.82. The van der Waals surface area contributed by atoms with E-state index in [0.29, 0.717) is 13.0 Å². The van der Waals surface area contributed by atoms with Gasteiger partial charge in [-0.15, -0.1) is 0 Å². The fourth-order valence-corrected chi connectivity index (χ4v) is 5.17. The molecule has 0 saturated heterocycles. The lowest BCUT2D eigenvalue weighted by Crippen LogP contribution is -3.00. The van der Waals surface area contributed by atoms with Crippen LogP contribution in [0, 0.1) is 0 Å². The average molecular weight is 490 g/mol. The van der Waals surface area contributed by atoms with Crippen molar-refractivity contribution in [1.29, 1.82) is 0 Å². The predicted octanol–water partition coefficient (Wildman–Crippen LogP) is 1.60. The smallest absolute Gasteiger partial charge is 0.323 e. The van der Waals surface area contributed by atoms with Crippen LogP contribution in [0.1, 0.15) is 38.6 Å². The average Bonchev–Trinajstić information content (AvgIpc) is 3.24. The van der Waals surface area contributed by atoms with Crippen molar-refractivity contribution in [3.63, 3.8) is 0 Å². The van der Waals surface area contributed by atoms with Gasteiger partial charge in [0.1, 0.15) is 5.52 Å². The fraction of sp³-hybridized carbons (Fsp3) is 0.321. The number of halogens is 1. The summed E-state index contributed by atoms with van der Waals surface area (Å²) >= 11 is 0. The second kappa shape index (κ2) is 9.80. The van der Waals surface area contributed by atoms with Gasteiger partial charge < -0.3 is 22.4 Å². The van der Waals surface area contributed by atoms with Gasteiger partial charge in [-0.25, -0.2) is 14.1 Å². The lowest BCUT2D eigenvalue weighted by molar-refractivity contribution is -0.676. The van der Waals surface area contributed by atoms with Crippen molar-refractivity contribution in [2.24, 2.45) is 0 Å². The van der Waals surface area contributed by atoms with Crippen LogP contribution in [0.5, 0.6) is 0 Å². The van der Waals surface area contributed by atoms with Crippen molar-refractivity contribution in [3.8, 4) is 0 Å². The summed E-state index contributed by atoms with van der Waals surface area (Å²) in [6, 6.07) is 16.6. The van der Waals surface area contributed by atoms with Crippen molar-refractivity contribution in [2.45, 2.75) is 45.7 Å². The maximum absolute atomic E-state index is 9.53.